The number of allylic oxidation sites excluding steroid dienone is 1. The molecule has 0 saturated heterocycles. The van der Waals surface area contributed by atoms with E-state index >= 15 is 0 Å². The minimum Gasteiger partial charge on any atom is -0.496 e. The lowest BCUT2D eigenvalue weighted by Gasteiger charge is -2.11. The van der Waals surface area contributed by atoms with Crippen molar-refractivity contribution in [3.05, 3.63) is 65.9 Å². The number of aryl methyl sites for hydroxylation is 2. The van der Waals surface area contributed by atoms with Crippen LogP contribution in [0.3, 0.4) is 0 Å². The van der Waals surface area contributed by atoms with Gasteiger partial charge in [-0.2, -0.15) is 0 Å². The van der Waals surface area contributed by atoms with E-state index in [1.165, 1.54) is 0 Å². The molecule has 5 heteroatoms. The summed E-state index contributed by atoms with van der Waals surface area (Å²) in [4.78, 5) is 24.3. The van der Waals surface area contributed by atoms with Crippen LogP contribution in [-0.2, 0) is 22.4 Å². The highest BCUT2D eigenvalue weighted by Crippen LogP contribution is 2.29. The van der Waals surface area contributed by atoms with Gasteiger partial charge in [-0.1, -0.05) is 24.8 Å². The maximum atomic E-state index is 12.2. The Balaban J connectivity index is 1.81. The molecule has 5 nitrogen and oxygen atoms in total. The van der Waals surface area contributed by atoms with Crippen LogP contribution in [0.25, 0.3) is 0 Å². The topological polar surface area (TPSA) is 61.8 Å². The maximum Gasteiger partial charge on any atom is 0.168 e. The zero-order valence-electron chi connectivity index (χ0n) is 17.2. The lowest BCUT2D eigenvalue weighted by Crippen LogP contribution is -2.09. The summed E-state index contributed by atoms with van der Waals surface area (Å²) in [5.74, 6) is 2.27. The lowest BCUT2D eigenvalue weighted by atomic mass is 10.0. The number of hydrogen-bond donors (Lipinski definition) is 0. The van der Waals surface area contributed by atoms with Crippen LogP contribution in [0.5, 0.6) is 17.2 Å². The van der Waals surface area contributed by atoms with Gasteiger partial charge in [-0.25, -0.2) is 0 Å². The van der Waals surface area contributed by atoms with Gasteiger partial charge in [0.15, 0.2) is 11.5 Å². The molecule has 2 rings (SSSR count). The smallest absolute Gasteiger partial charge is 0.168 e. The van der Waals surface area contributed by atoms with Crippen molar-refractivity contribution in [2.45, 2.75) is 39.0 Å². The fraction of sp³-hybridized carbons (Fsp3) is 0.333. The third-order valence-electron chi connectivity index (χ3n) is 4.35. The SMILES string of the molecule is C=C(C)Oc1ccc(CCC(=O)CC(=O)CCc2cc[c]c(OC)c2)cc1OC. The summed E-state index contributed by atoms with van der Waals surface area (Å²) in [6, 6.07) is 14.0. The summed E-state index contributed by atoms with van der Waals surface area (Å²) < 4.78 is 16.0. The summed E-state index contributed by atoms with van der Waals surface area (Å²) in [6.45, 7) is 5.48. The summed E-state index contributed by atoms with van der Waals surface area (Å²) in [5.41, 5.74) is 1.94. The van der Waals surface area contributed by atoms with Gasteiger partial charge in [-0.15, -0.1) is 0 Å². The van der Waals surface area contributed by atoms with E-state index in [1.54, 1.807) is 33.3 Å². The molecule has 0 unspecified atom stereocenters. The largest absolute Gasteiger partial charge is 0.496 e. The summed E-state index contributed by atoms with van der Waals surface area (Å²) in [7, 11) is 3.14. The monoisotopic (exact) mass is 395 g/mol. The number of methoxy groups -OCH3 is 2. The number of ketones is 2. The van der Waals surface area contributed by atoms with E-state index in [2.05, 4.69) is 12.6 Å². The highest BCUT2D eigenvalue weighted by molar-refractivity contribution is 5.99. The van der Waals surface area contributed by atoms with Crippen molar-refractivity contribution in [1.82, 2.24) is 0 Å². The molecule has 2 aromatic carbocycles. The molecule has 153 valence electrons. The molecule has 0 fully saturated rings. The quantitative estimate of drug-likeness (QED) is 0.391. The first-order chi connectivity index (χ1) is 13.9. The van der Waals surface area contributed by atoms with Crippen LogP contribution in [0.15, 0.2) is 48.7 Å². The molecule has 0 aliphatic carbocycles. The van der Waals surface area contributed by atoms with Crippen molar-refractivity contribution >= 4 is 11.6 Å². The lowest BCUT2D eigenvalue weighted by molar-refractivity contribution is -0.126. The Bertz CT molecular complexity index is 869. The number of rotatable bonds is 12. The van der Waals surface area contributed by atoms with Crippen molar-refractivity contribution in [2.75, 3.05) is 14.2 Å². The van der Waals surface area contributed by atoms with E-state index in [-0.39, 0.29) is 18.0 Å². The highest BCUT2D eigenvalue weighted by Gasteiger charge is 2.12. The number of benzene rings is 2. The zero-order chi connectivity index (χ0) is 21.2. The average Bonchev–Trinajstić information content (AvgIpc) is 2.71. The molecule has 0 amide bonds. The Morgan fingerprint density at radius 2 is 1.59 bits per heavy atom. The molecule has 0 atom stereocenters. The number of carbonyl (C=O) groups is 2. The molecule has 0 spiro atoms. The molecule has 0 saturated carbocycles. The van der Waals surface area contributed by atoms with Gasteiger partial charge in [0.05, 0.1) is 26.4 Å². The summed E-state index contributed by atoms with van der Waals surface area (Å²) in [5, 5.41) is 0. The number of carbonyl (C=O) groups excluding carboxylic acids is 2. The minimum atomic E-state index is -0.0600. The van der Waals surface area contributed by atoms with Gasteiger partial charge in [-0.05, 0) is 49.1 Å². The van der Waals surface area contributed by atoms with E-state index in [9.17, 15) is 9.59 Å². The molecule has 29 heavy (non-hydrogen) atoms. The summed E-state index contributed by atoms with van der Waals surface area (Å²) >= 11 is 0. The first-order valence-electron chi connectivity index (χ1n) is 9.49. The normalized spacial score (nSPS) is 10.3. The second-order valence-electron chi connectivity index (χ2n) is 6.81. The van der Waals surface area contributed by atoms with Crippen LogP contribution < -0.4 is 14.2 Å². The Morgan fingerprint density at radius 3 is 2.17 bits per heavy atom. The fourth-order valence-electron chi connectivity index (χ4n) is 2.87. The van der Waals surface area contributed by atoms with Gasteiger partial charge in [-0.3, -0.25) is 9.59 Å². The van der Waals surface area contributed by atoms with Crippen molar-refractivity contribution < 1.29 is 23.8 Å². The van der Waals surface area contributed by atoms with Gasteiger partial charge in [0.25, 0.3) is 0 Å². The Morgan fingerprint density at radius 1 is 0.931 bits per heavy atom. The van der Waals surface area contributed by atoms with Crippen molar-refractivity contribution in [3.63, 3.8) is 0 Å². The van der Waals surface area contributed by atoms with Crippen molar-refractivity contribution in [3.8, 4) is 17.2 Å². The average molecular weight is 395 g/mol. The Labute approximate surface area is 172 Å². The van der Waals surface area contributed by atoms with Crippen LogP contribution in [0, 0.1) is 6.07 Å². The molecular formula is C24H27O5. The van der Waals surface area contributed by atoms with Gasteiger partial charge >= 0.3 is 0 Å². The highest BCUT2D eigenvalue weighted by atomic mass is 16.5. The molecule has 0 aliphatic rings. The molecule has 0 heterocycles. The van der Waals surface area contributed by atoms with Crippen molar-refractivity contribution in [1.29, 1.82) is 0 Å². The predicted octanol–water partition coefficient (Wildman–Crippen LogP) is 4.51. The van der Waals surface area contributed by atoms with E-state index in [1.807, 2.05) is 24.3 Å². The second kappa shape index (κ2) is 11.1. The second-order valence-corrected chi connectivity index (χ2v) is 6.81. The van der Waals surface area contributed by atoms with Crippen LogP contribution >= 0.6 is 0 Å². The van der Waals surface area contributed by atoms with E-state index in [0.29, 0.717) is 48.7 Å². The van der Waals surface area contributed by atoms with E-state index in [0.717, 1.165) is 11.1 Å². The molecule has 0 bridgehead atoms. The van der Waals surface area contributed by atoms with Gasteiger partial charge < -0.3 is 14.2 Å². The van der Waals surface area contributed by atoms with Gasteiger partial charge in [0.2, 0.25) is 0 Å². The predicted molar refractivity (Wildman–Crippen MR) is 112 cm³/mol. The molecular weight excluding hydrogens is 368 g/mol. The Hall–Kier alpha value is -3.08. The number of hydrogen-bond acceptors (Lipinski definition) is 5. The number of ether oxygens (including phenoxy) is 3. The van der Waals surface area contributed by atoms with E-state index < -0.39 is 0 Å². The zero-order valence-corrected chi connectivity index (χ0v) is 17.2. The fourth-order valence-corrected chi connectivity index (χ4v) is 2.87. The minimum absolute atomic E-state index is 0.0376. The molecule has 1 radical (unpaired) electrons. The number of Topliss-reactive ketones (excluding diaryl/α,β-unsaturated/α-hetero) is 2. The third kappa shape index (κ3) is 7.45. The molecule has 0 aliphatic heterocycles. The van der Waals surface area contributed by atoms with Gasteiger partial charge in [0, 0.05) is 18.9 Å². The first-order valence-corrected chi connectivity index (χ1v) is 9.49. The maximum absolute atomic E-state index is 12.2. The van der Waals surface area contributed by atoms with Crippen molar-refractivity contribution in [2.24, 2.45) is 0 Å². The van der Waals surface area contributed by atoms with Crippen LogP contribution in [0.4, 0.5) is 0 Å². The summed E-state index contributed by atoms with van der Waals surface area (Å²) in [6.07, 6.45) is 1.73. The standard InChI is InChI=1S/C24H27O5/c1-17(2)29-23-13-10-19(15-24(23)28-4)9-12-21(26)16-20(25)11-8-18-6-5-7-22(14-18)27-3/h5-6,10,13-15H,1,8-9,11-12,16H2,2-4H3. The van der Waals surface area contributed by atoms with Crippen LogP contribution in [0.2, 0.25) is 0 Å². The third-order valence-corrected chi connectivity index (χ3v) is 4.35. The van der Waals surface area contributed by atoms with Crippen LogP contribution in [0.1, 0.15) is 37.3 Å². The first kappa shape index (κ1) is 22.2. The van der Waals surface area contributed by atoms with E-state index in [4.69, 9.17) is 14.2 Å². The molecule has 0 N–H and O–H groups in total. The Kier molecular flexibility index (Phi) is 8.46. The molecule has 2 aromatic rings. The van der Waals surface area contributed by atoms with Gasteiger partial charge in [0.1, 0.15) is 17.3 Å². The molecule has 0 aromatic heterocycles. The van der Waals surface area contributed by atoms with Crippen LogP contribution in [-0.4, -0.2) is 25.8 Å².